The van der Waals surface area contributed by atoms with Gasteiger partial charge in [0.15, 0.2) is 9.84 Å². The number of carbonyl (C=O) groups is 2. The van der Waals surface area contributed by atoms with Gasteiger partial charge in [-0.25, -0.2) is 8.42 Å². The number of rotatable bonds is 5. The van der Waals surface area contributed by atoms with Gasteiger partial charge < -0.3 is 9.80 Å². The maximum absolute atomic E-state index is 12.1. The molecule has 0 unspecified atom stereocenters. The largest absolute Gasteiger partial charge is 0.342 e. The highest BCUT2D eigenvalue weighted by Crippen LogP contribution is 2.12. The number of amides is 2. The normalized spacial score (nSPS) is 15.8. The molecule has 114 valence electrons. The van der Waals surface area contributed by atoms with Crippen LogP contribution in [0.2, 0.25) is 0 Å². The molecule has 1 heterocycles. The summed E-state index contributed by atoms with van der Waals surface area (Å²) in [4.78, 5) is 26.1. The Morgan fingerprint density at radius 2 is 1.71 bits per heavy atom. The van der Waals surface area contributed by atoms with Crippen LogP contribution in [0.4, 0.5) is 0 Å². The van der Waals surface area contributed by atoms with Crippen LogP contribution >= 0.6 is 0 Å². The summed E-state index contributed by atoms with van der Waals surface area (Å²) in [5, 5.41) is 0. The minimum absolute atomic E-state index is 0.0294. The van der Waals surface area contributed by atoms with Crippen molar-refractivity contribution in [2.75, 3.05) is 31.9 Å². The second-order valence-electron chi connectivity index (χ2n) is 4.90. The molecule has 21 heavy (non-hydrogen) atoms. The molecule has 1 saturated heterocycles. The molecule has 0 aromatic heterocycles. The van der Waals surface area contributed by atoms with Gasteiger partial charge in [-0.2, -0.15) is 0 Å². The molecule has 6 nitrogen and oxygen atoms in total. The van der Waals surface area contributed by atoms with Gasteiger partial charge in [0.25, 0.3) is 0 Å². The Hall–Kier alpha value is -1.89. The highest BCUT2D eigenvalue weighted by Gasteiger charge is 2.22. The Morgan fingerprint density at radius 1 is 1.10 bits per heavy atom. The number of hydrogen-bond acceptors (Lipinski definition) is 4. The van der Waals surface area contributed by atoms with Crippen LogP contribution < -0.4 is 0 Å². The predicted molar refractivity (Wildman–Crippen MR) is 77.3 cm³/mol. The minimum Gasteiger partial charge on any atom is -0.342 e. The van der Waals surface area contributed by atoms with Gasteiger partial charge in [0.2, 0.25) is 12.3 Å². The third-order valence-corrected chi connectivity index (χ3v) is 5.23. The van der Waals surface area contributed by atoms with Crippen molar-refractivity contribution in [2.45, 2.75) is 11.3 Å². The van der Waals surface area contributed by atoms with Crippen LogP contribution in [-0.2, 0) is 19.4 Å². The molecule has 0 bridgehead atoms. The van der Waals surface area contributed by atoms with E-state index in [0.717, 1.165) is 6.41 Å². The minimum atomic E-state index is -3.42. The van der Waals surface area contributed by atoms with Gasteiger partial charge in [0.05, 0.1) is 10.6 Å². The molecule has 2 amide bonds. The topological polar surface area (TPSA) is 74.8 Å². The molecule has 0 N–H and O–H groups in total. The lowest BCUT2D eigenvalue weighted by Crippen LogP contribution is -2.48. The van der Waals surface area contributed by atoms with E-state index in [9.17, 15) is 18.0 Å². The molecule has 0 saturated carbocycles. The molecule has 0 aliphatic carbocycles. The van der Waals surface area contributed by atoms with Crippen molar-refractivity contribution in [3.05, 3.63) is 30.3 Å². The number of carbonyl (C=O) groups excluding carboxylic acids is 2. The first-order chi connectivity index (χ1) is 10.0. The fourth-order valence-corrected chi connectivity index (χ4v) is 3.45. The van der Waals surface area contributed by atoms with Crippen LogP contribution in [0, 0.1) is 0 Å². The molecule has 0 atom stereocenters. The Morgan fingerprint density at radius 3 is 2.29 bits per heavy atom. The summed E-state index contributed by atoms with van der Waals surface area (Å²) in [5.74, 6) is -0.371. The molecule has 1 aliphatic rings. The molecule has 1 aromatic carbocycles. The average Bonchev–Trinajstić information content (AvgIpc) is 2.53. The van der Waals surface area contributed by atoms with E-state index >= 15 is 0 Å². The molecular weight excluding hydrogens is 292 g/mol. The van der Waals surface area contributed by atoms with Crippen molar-refractivity contribution in [2.24, 2.45) is 0 Å². The van der Waals surface area contributed by atoms with Crippen LogP contribution in [0.5, 0.6) is 0 Å². The summed E-state index contributed by atoms with van der Waals surface area (Å²) < 4.78 is 24.2. The Balaban J connectivity index is 1.88. The highest BCUT2D eigenvalue weighted by molar-refractivity contribution is 7.91. The summed E-state index contributed by atoms with van der Waals surface area (Å²) in [6.07, 6.45) is 0.736. The number of hydrogen-bond donors (Lipinski definition) is 0. The number of nitrogens with zero attached hydrogens (tertiary/aromatic N) is 2. The number of piperazine rings is 1. The molecule has 0 radical (unpaired) electrons. The van der Waals surface area contributed by atoms with E-state index in [-0.39, 0.29) is 23.0 Å². The Bertz CT molecular complexity index is 593. The van der Waals surface area contributed by atoms with Gasteiger partial charge in [0.1, 0.15) is 0 Å². The van der Waals surface area contributed by atoms with E-state index in [4.69, 9.17) is 0 Å². The standard InChI is InChI=1S/C14H18N2O4S/c17-12-15-7-9-16(10-8-15)14(18)6-11-21(19,20)13-4-2-1-3-5-13/h1-5,12H,6-11H2. The van der Waals surface area contributed by atoms with Crippen LogP contribution in [0.25, 0.3) is 0 Å². The first-order valence-corrected chi connectivity index (χ1v) is 8.43. The summed E-state index contributed by atoms with van der Waals surface area (Å²) in [6.45, 7) is 1.92. The number of sulfone groups is 1. The van der Waals surface area contributed by atoms with Crippen LogP contribution in [0.1, 0.15) is 6.42 Å². The summed E-state index contributed by atoms with van der Waals surface area (Å²) in [6, 6.07) is 8.13. The lowest BCUT2D eigenvalue weighted by atomic mass is 10.3. The van der Waals surface area contributed by atoms with Gasteiger partial charge in [0, 0.05) is 32.6 Å². The maximum atomic E-state index is 12.1. The molecular formula is C14H18N2O4S. The summed E-state index contributed by atoms with van der Waals surface area (Å²) >= 11 is 0. The average molecular weight is 310 g/mol. The van der Waals surface area contributed by atoms with Crippen LogP contribution in [0.15, 0.2) is 35.2 Å². The van der Waals surface area contributed by atoms with Gasteiger partial charge in [-0.15, -0.1) is 0 Å². The molecule has 7 heteroatoms. The van der Waals surface area contributed by atoms with Crippen molar-refractivity contribution in [1.29, 1.82) is 0 Å². The number of benzene rings is 1. The van der Waals surface area contributed by atoms with Gasteiger partial charge in [-0.05, 0) is 12.1 Å². The van der Waals surface area contributed by atoms with E-state index in [1.165, 1.54) is 12.1 Å². The third kappa shape index (κ3) is 4.04. The molecule has 1 aliphatic heterocycles. The van der Waals surface area contributed by atoms with E-state index < -0.39 is 9.84 Å². The van der Waals surface area contributed by atoms with Crippen molar-refractivity contribution in [1.82, 2.24) is 9.80 Å². The molecule has 1 aromatic rings. The fraction of sp³-hybridized carbons (Fsp3) is 0.429. The van der Waals surface area contributed by atoms with Crippen LogP contribution in [-0.4, -0.2) is 62.5 Å². The monoisotopic (exact) mass is 310 g/mol. The highest BCUT2D eigenvalue weighted by atomic mass is 32.2. The zero-order valence-electron chi connectivity index (χ0n) is 11.6. The first-order valence-electron chi connectivity index (χ1n) is 6.78. The van der Waals surface area contributed by atoms with Crippen molar-refractivity contribution in [3.63, 3.8) is 0 Å². The second-order valence-corrected chi connectivity index (χ2v) is 7.01. The Kier molecular flexibility index (Phi) is 4.95. The van der Waals surface area contributed by atoms with Gasteiger partial charge in [-0.3, -0.25) is 9.59 Å². The van der Waals surface area contributed by atoms with Crippen molar-refractivity contribution < 1.29 is 18.0 Å². The van der Waals surface area contributed by atoms with Crippen LogP contribution in [0.3, 0.4) is 0 Å². The lowest BCUT2D eigenvalue weighted by Gasteiger charge is -2.32. The quantitative estimate of drug-likeness (QED) is 0.726. The molecule has 2 rings (SSSR count). The smallest absolute Gasteiger partial charge is 0.223 e. The summed E-state index contributed by atoms with van der Waals surface area (Å²) in [5.41, 5.74) is 0. The molecule has 0 spiro atoms. The first kappa shape index (κ1) is 15.5. The van der Waals surface area contributed by atoms with Gasteiger partial charge >= 0.3 is 0 Å². The zero-order valence-corrected chi connectivity index (χ0v) is 12.5. The van der Waals surface area contributed by atoms with Gasteiger partial charge in [-0.1, -0.05) is 18.2 Å². The SMILES string of the molecule is O=CN1CCN(C(=O)CCS(=O)(=O)c2ccccc2)CC1. The van der Waals surface area contributed by atoms with Crippen molar-refractivity contribution in [3.8, 4) is 0 Å². The lowest BCUT2D eigenvalue weighted by molar-refractivity contribution is -0.134. The summed E-state index contributed by atoms with van der Waals surface area (Å²) in [7, 11) is -3.42. The van der Waals surface area contributed by atoms with E-state index in [2.05, 4.69) is 0 Å². The molecule has 1 fully saturated rings. The maximum Gasteiger partial charge on any atom is 0.223 e. The van der Waals surface area contributed by atoms with E-state index in [0.29, 0.717) is 26.2 Å². The predicted octanol–water partition coefficient (Wildman–Crippen LogP) is 0.151. The second kappa shape index (κ2) is 6.71. The Labute approximate surface area is 124 Å². The van der Waals surface area contributed by atoms with E-state index in [1.807, 2.05) is 0 Å². The van der Waals surface area contributed by atoms with Crippen molar-refractivity contribution >= 4 is 22.2 Å². The van der Waals surface area contributed by atoms with E-state index in [1.54, 1.807) is 28.0 Å². The third-order valence-electron chi connectivity index (χ3n) is 3.50. The zero-order chi connectivity index (χ0) is 15.3. The fourth-order valence-electron chi connectivity index (χ4n) is 2.20.